The van der Waals surface area contributed by atoms with Crippen LogP contribution in [-0.4, -0.2) is 30.2 Å². The predicted octanol–water partition coefficient (Wildman–Crippen LogP) is 0.805. The molecule has 0 bridgehead atoms. The Morgan fingerprint density at radius 1 is 1.36 bits per heavy atom. The minimum absolute atomic E-state index is 0.348. The van der Waals surface area contributed by atoms with E-state index in [2.05, 4.69) is 25.5 Å². The molecule has 0 spiro atoms. The van der Waals surface area contributed by atoms with Gasteiger partial charge in [-0.15, -0.1) is 5.10 Å². The summed E-state index contributed by atoms with van der Waals surface area (Å²) < 4.78 is 1.54. The predicted molar refractivity (Wildman–Crippen MR) is 50.0 cm³/mol. The van der Waals surface area contributed by atoms with Gasteiger partial charge in [0.15, 0.2) is 5.15 Å². The van der Waals surface area contributed by atoms with Crippen LogP contribution in [0.25, 0.3) is 0 Å². The van der Waals surface area contributed by atoms with Gasteiger partial charge in [0, 0.05) is 19.4 Å². The summed E-state index contributed by atoms with van der Waals surface area (Å²) in [5.41, 5.74) is 0. The van der Waals surface area contributed by atoms with E-state index >= 15 is 0 Å². The molecule has 0 aromatic carbocycles. The summed E-state index contributed by atoms with van der Waals surface area (Å²) in [6.45, 7) is 0. The molecule has 0 amide bonds. The van der Waals surface area contributed by atoms with E-state index in [1.165, 1.54) is 22.6 Å². The highest BCUT2D eigenvalue weighted by molar-refractivity contribution is 7.99. The van der Waals surface area contributed by atoms with E-state index in [0.717, 1.165) is 0 Å². The molecule has 72 valence electrons. The maximum absolute atomic E-state index is 5.82. The topological polar surface area (TPSA) is 69.4 Å². The fourth-order valence-electron chi connectivity index (χ4n) is 0.771. The smallest absolute Gasteiger partial charge is 0.215 e. The molecule has 0 saturated heterocycles. The normalized spacial score (nSPS) is 10.4. The zero-order chi connectivity index (χ0) is 9.97. The lowest BCUT2D eigenvalue weighted by Gasteiger charge is -1.98. The molecule has 0 atom stereocenters. The minimum atomic E-state index is 0.348. The Kier molecular flexibility index (Phi) is 2.60. The van der Waals surface area contributed by atoms with Gasteiger partial charge < -0.3 is 0 Å². The van der Waals surface area contributed by atoms with Gasteiger partial charge >= 0.3 is 0 Å². The Labute approximate surface area is 88.7 Å². The van der Waals surface area contributed by atoms with E-state index in [1.807, 2.05) is 0 Å². The first-order chi connectivity index (χ1) is 6.77. The largest absolute Gasteiger partial charge is 0.245 e. The summed E-state index contributed by atoms with van der Waals surface area (Å²) in [6.07, 6.45) is 3.10. The highest BCUT2D eigenvalue weighted by Crippen LogP contribution is 2.27. The summed E-state index contributed by atoms with van der Waals surface area (Å²) in [4.78, 5) is 7.95. The summed E-state index contributed by atoms with van der Waals surface area (Å²) >= 11 is 7.09. The van der Waals surface area contributed by atoms with E-state index in [-0.39, 0.29) is 0 Å². The number of aryl methyl sites for hydroxylation is 1. The molecule has 0 fully saturated rings. The van der Waals surface area contributed by atoms with Crippen LogP contribution >= 0.6 is 23.4 Å². The van der Waals surface area contributed by atoms with Crippen molar-refractivity contribution in [3.8, 4) is 0 Å². The van der Waals surface area contributed by atoms with Crippen LogP contribution in [0.1, 0.15) is 0 Å². The van der Waals surface area contributed by atoms with Crippen LogP contribution in [0, 0.1) is 0 Å². The van der Waals surface area contributed by atoms with Gasteiger partial charge in [0.25, 0.3) is 0 Å². The minimum Gasteiger partial charge on any atom is -0.245 e. The van der Waals surface area contributed by atoms with Gasteiger partial charge in [-0.3, -0.25) is 0 Å². The van der Waals surface area contributed by atoms with Crippen molar-refractivity contribution in [3.05, 3.63) is 17.5 Å². The number of tetrazole rings is 1. The zero-order valence-electron chi connectivity index (χ0n) is 7.12. The van der Waals surface area contributed by atoms with Crippen molar-refractivity contribution in [2.75, 3.05) is 0 Å². The number of nitrogens with zero attached hydrogens (tertiary/aromatic N) is 6. The average Bonchev–Trinajstić information content (AvgIpc) is 2.56. The van der Waals surface area contributed by atoms with Gasteiger partial charge in [0.05, 0.1) is 0 Å². The molecule has 2 aromatic rings. The van der Waals surface area contributed by atoms with E-state index in [4.69, 9.17) is 11.6 Å². The van der Waals surface area contributed by atoms with E-state index in [0.29, 0.717) is 15.3 Å². The molecule has 2 heterocycles. The fraction of sp³-hybridized carbons (Fsp3) is 0.167. The maximum Gasteiger partial charge on any atom is 0.215 e. The van der Waals surface area contributed by atoms with Crippen LogP contribution < -0.4 is 0 Å². The van der Waals surface area contributed by atoms with Gasteiger partial charge in [-0.25, -0.2) is 14.6 Å². The number of hydrogen-bond acceptors (Lipinski definition) is 6. The third-order valence-electron chi connectivity index (χ3n) is 1.39. The van der Waals surface area contributed by atoms with Crippen LogP contribution in [0.2, 0.25) is 5.15 Å². The second kappa shape index (κ2) is 3.89. The van der Waals surface area contributed by atoms with Gasteiger partial charge in [-0.1, -0.05) is 11.6 Å². The Morgan fingerprint density at radius 2 is 2.14 bits per heavy atom. The zero-order valence-corrected chi connectivity index (χ0v) is 8.70. The molecule has 0 aliphatic carbocycles. The molecule has 8 heteroatoms. The van der Waals surface area contributed by atoms with Crippen molar-refractivity contribution in [2.24, 2.45) is 7.05 Å². The molecule has 0 radical (unpaired) electrons. The van der Waals surface area contributed by atoms with Gasteiger partial charge in [-0.2, -0.15) is 0 Å². The summed E-state index contributed by atoms with van der Waals surface area (Å²) in [6, 6.07) is 0. The van der Waals surface area contributed by atoms with Crippen LogP contribution in [0.4, 0.5) is 0 Å². The average molecular weight is 229 g/mol. The van der Waals surface area contributed by atoms with Gasteiger partial charge in [0.2, 0.25) is 5.16 Å². The lowest BCUT2D eigenvalue weighted by molar-refractivity contribution is 0.664. The third-order valence-corrected chi connectivity index (χ3v) is 2.80. The monoisotopic (exact) mass is 228 g/mol. The Bertz CT molecular complexity index is 443. The van der Waals surface area contributed by atoms with Crippen LogP contribution in [0.5, 0.6) is 0 Å². The second-order valence-corrected chi connectivity index (χ2v) is 3.65. The number of hydrogen-bond donors (Lipinski definition) is 0. The van der Waals surface area contributed by atoms with Crippen molar-refractivity contribution in [3.63, 3.8) is 0 Å². The lowest BCUT2D eigenvalue weighted by atomic mass is 10.8. The van der Waals surface area contributed by atoms with Crippen molar-refractivity contribution >= 4 is 23.4 Å². The first-order valence-electron chi connectivity index (χ1n) is 3.64. The van der Waals surface area contributed by atoms with Crippen LogP contribution in [0.3, 0.4) is 0 Å². The summed E-state index contributed by atoms with van der Waals surface area (Å²) in [7, 11) is 1.74. The molecular weight excluding hydrogens is 224 g/mol. The third kappa shape index (κ3) is 1.83. The molecular formula is C6H5ClN6S. The highest BCUT2D eigenvalue weighted by Gasteiger charge is 2.09. The lowest BCUT2D eigenvalue weighted by Crippen LogP contribution is -1.94. The summed E-state index contributed by atoms with van der Waals surface area (Å²) in [5, 5.41) is 12.5. The highest BCUT2D eigenvalue weighted by atomic mass is 35.5. The fourth-order valence-corrected chi connectivity index (χ4v) is 1.66. The number of rotatable bonds is 2. The van der Waals surface area contributed by atoms with E-state index < -0.39 is 0 Å². The second-order valence-electron chi connectivity index (χ2n) is 2.34. The van der Waals surface area contributed by atoms with Gasteiger partial charge in [-0.05, 0) is 22.2 Å². The number of aromatic nitrogens is 6. The molecule has 2 rings (SSSR count). The molecule has 6 nitrogen and oxygen atoms in total. The Hall–Kier alpha value is -1.21. The molecule has 0 aliphatic heterocycles. The Balaban J connectivity index is 2.28. The van der Waals surface area contributed by atoms with E-state index in [1.54, 1.807) is 13.2 Å². The number of halogens is 1. The van der Waals surface area contributed by atoms with Crippen molar-refractivity contribution in [1.82, 2.24) is 30.2 Å². The quantitative estimate of drug-likeness (QED) is 0.758. The Morgan fingerprint density at radius 3 is 2.79 bits per heavy atom. The molecule has 0 unspecified atom stereocenters. The molecule has 0 saturated carbocycles. The van der Waals surface area contributed by atoms with Crippen molar-refractivity contribution in [2.45, 2.75) is 10.2 Å². The standard InChI is InChI=1S/C6H5ClN6S/c1-13-6(10-11-12-13)14-5-4(7)8-2-3-9-5/h2-3H,1H3. The SMILES string of the molecule is Cn1nnnc1Sc1nccnc1Cl. The first kappa shape index (κ1) is 9.35. The molecule has 14 heavy (non-hydrogen) atoms. The maximum atomic E-state index is 5.82. The summed E-state index contributed by atoms with van der Waals surface area (Å²) in [5.74, 6) is 0. The molecule has 0 aliphatic rings. The van der Waals surface area contributed by atoms with Gasteiger partial charge in [0.1, 0.15) is 5.03 Å². The van der Waals surface area contributed by atoms with Crippen molar-refractivity contribution < 1.29 is 0 Å². The van der Waals surface area contributed by atoms with Crippen LogP contribution in [-0.2, 0) is 7.05 Å². The molecule has 2 aromatic heterocycles. The van der Waals surface area contributed by atoms with E-state index in [9.17, 15) is 0 Å². The first-order valence-corrected chi connectivity index (χ1v) is 4.83. The van der Waals surface area contributed by atoms with Crippen LogP contribution in [0.15, 0.2) is 22.6 Å². The van der Waals surface area contributed by atoms with Crippen molar-refractivity contribution in [1.29, 1.82) is 0 Å². The molecule has 0 N–H and O–H groups in total.